The van der Waals surface area contributed by atoms with Crippen LogP contribution in [0.1, 0.15) is 104 Å². The van der Waals surface area contributed by atoms with Crippen LogP contribution in [0.15, 0.2) is 12.3 Å². The van der Waals surface area contributed by atoms with E-state index in [1.807, 2.05) is 0 Å². The molecule has 162 valence electrons. The number of allylic oxidation sites excluding steroid dienone is 1. The van der Waals surface area contributed by atoms with Gasteiger partial charge in [-0.05, 0) is 51.0 Å². The molecule has 27 heavy (non-hydrogen) atoms. The van der Waals surface area contributed by atoms with Crippen LogP contribution in [-0.2, 0) is 18.9 Å². The van der Waals surface area contributed by atoms with Crippen LogP contribution in [0, 0.1) is 0 Å². The summed E-state index contributed by atoms with van der Waals surface area (Å²) >= 11 is 0. The molecule has 0 saturated carbocycles. The number of hydrogen-bond acceptors (Lipinski definition) is 4. The van der Waals surface area contributed by atoms with E-state index in [1.165, 1.54) is 25.7 Å². The van der Waals surface area contributed by atoms with Gasteiger partial charge in [-0.1, -0.05) is 59.3 Å². The summed E-state index contributed by atoms with van der Waals surface area (Å²) < 4.78 is 22.5. The topological polar surface area (TPSA) is 36.9 Å². The molecule has 0 aromatic carbocycles. The SMILES string of the molecule is CCCCCCCOCOC=CCCCCC(OCCCC)OCCCC. The normalized spacial score (nSPS) is 11.7. The molecule has 0 amide bonds. The Hall–Kier alpha value is -0.580. The maximum atomic E-state index is 5.86. The minimum absolute atomic E-state index is 0.0333. The zero-order valence-electron chi connectivity index (χ0n) is 18.4. The lowest BCUT2D eigenvalue weighted by molar-refractivity contribution is -0.147. The van der Waals surface area contributed by atoms with E-state index in [9.17, 15) is 0 Å². The van der Waals surface area contributed by atoms with Gasteiger partial charge in [0.15, 0.2) is 13.1 Å². The molecule has 0 atom stereocenters. The highest BCUT2D eigenvalue weighted by Gasteiger charge is 2.08. The molecular formula is C23H46O4. The Morgan fingerprint density at radius 3 is 2.00 bits per heavy atom. The second-order valence-corrected chi connectivity index (χ2v) is 7.14. The summed E-state index contributed by atoms with van der Waals surface area (Å²) in [6.45, 7) is 9.38. The van der Waals surface area contributed by atoms with Crippen molar-refractivity contribution < 1.29 is 18.9 Å². The molecule has 0 aliphatic carbocycles. The Labute approximate surface area is 169 Å². The summed E-state index contributed by atoms with van der Waals surface area (Å²) in [5.74, 6) is 0. The molecule has 0 unspecified atom stereocenters. The van der Waals surface area contributed by atoms with Crippen LogP contribution in [0.25, 0.3) is 0 Å². The smallest absolute Gasteiger partial charge is 0.188 e. The Balaban J connectivity index is 3.51. The highest BCUT2D eigenvalue weighted by Crippen LogP contribution is 2.11. The third-order valence-corrected chi connectivity index (χ3v) is 4.40. The molecule has 0 aliphatic heterocycles. The highest BCUT2D eigenvalue weighted by atomic mass is 16.7. The fraction of sp³-hybridized carbons (Fsp3) is 0.913. The molecule has 4 heteroatoms. The summed E-state index contributed by atoms with van der Waals surface area (Å²) in [4.78, 5) is 0. The number of unbranched alkanes of at least 4 members (excludes halogenated alkanes) is 8. The molecule has 0 aromatic heterocycles. The van der Waals surface area contributed by atoms with Gasteiger partial charge < -0.3 is 18.9 Å². The van der Waals surface area contributed by atoms with Crippen molar-refractivity contribution in [2.24, 2.45) is 0 Å². The van der Waals surface area contributed by atoms with E-state index in [0.29, 0.717) is 6.79 Å². The Bertz CT molecular complexity index is 284. The van der Waals surface area contributed by atoms with Crippen molar-refractivity contribution in [2.75, 3.05) is 26.6 Å². The van der Waals surface area contributed by atoms with E-state index < -0.39 is 0 Å². The first kappa shape index (κ1) is 26.4. The largest absolute Gasteiger partial charge is 0.475 e. The third kappa shape index (κ3) is 21.6. The third-order valence-electron chi connectivity index (χ3n) is 4.40. The first-order valence-corrected chi connectivity index (χ1v) is 11.4. The predicted molar refractivity (Wildman–Crippen MR) is 114 cm³/mol. The van der Waals surface area contributed by atoms with E-state index in [1.54, 1.807) is 6.26 Å². The van der Waals surface area contributed by atoms with E-state index in [2.05, 4.69) is 26.8 Å². The van der Waals surface area contributed by atoms with Gasteiger partial charge in [0.2, 0.25) is 0 Å². The molecule has 0 radical (unpaired) electrons. The molecule has 0 spiro atoms. The minimum Gasteiger partial charge on any atom is -0.475 e. The number of hydrogen-bond donors (Lipinski definition) is 0. The molecule has 0 rings (SSSR count). The van der Waals surface area contributed by atoms with Crippen molar-refractivity contribution in [2.45, 2.75) is 111 Å². The van der Waals surface area contributed by atoms with Gasteiger partial charge >= 0.3 is 0 Å². The summed E-state index contributed by atoms with van der Waals surface area (Å²) in [5.41, 5.74) is 0. The van der Waals surface area contributed by atoms with E-state index in [4.69, 9.17) is 18.9 Å². The standard InChI is InChI=1S/C23H46O4/c1-4-7-10-12-15-18-24-22-25-19-16-13-11-14-17-23(26-20-8-5-2)27-21-9-6-3/h16,19,23H,4-15,17-18,20-22H2,1-3H3. The van der Waals surface area contributed by atoms with Crippen LogP contribution < -0.4 is 0 Å². The van der Waals surface area contributed by atoms with E-state index in [-0.39, 0.29) is 6.29 Å². The van der Waals surface area contributed by atoms with Crippen molar-refractivity contribution in [1.82, 2.24) is 0 Å². The van der Waals surface area contributed by atoms with Crippen LogP contribution in [0.5, 0.6) is 0 Å². The maximum absolute atomic E-state index is 5.86. The Morgan fingerprint density at radius 1 is 0.667 bits per heavy atom. The van der Waals surface area contributed by atoms with Crippen LogP contribution in [0.3, 0.4) is 0 Å². The molecular weight excluding hydrogens is 340 g/mol. The molecule has 0 aromatic rings. The highest BCUT2D eigenvalue weighted by molar-refractivity contribution is 4.72. The molecule has 0 saturated heterocycles. The van der Waals surface area contributed by atoms with Gasteiger partial charge in [-0.15, -0.1) is 0 Å². The molecule has 0 aliphatic rings. The number of rotatable bonds is 22. The lowest BCUT2D eigenvalue weighted by atomic mass is 10.2. The second kappa shape index (κ2) is 23.5. The van der Waals surface area contributed by atoms with Gasteiger partial charge in [0.1, 0.15) is 0 Å². The van der Waals surface area contributed by atoms with Crippen LogP contribution >= 0.6 is 0 Å². The fourth-order valence-corrected chi connectivity index (χ4v) is 2.60. The fourth-order valence-electron chi connectivity index (χ4n) is 2.60. The second-order valence-electron chi connectivity index (χ2n) is 7.14. The summed E-state index contributed by atoms with van der Waals surface area (Å²) in [5, 5.41) is 0. The van der Waals surface area contributed by atoms with Gasteiger partial charge in [0, 0.05) is 13.2 Å². The van der Waals surface area contributed by atoms with Crippen molar-refractivity contribution in [3.05, 3.63) is 12.3 Å². The zero-order valence-corrected chi connectivity index (χ0v) is 18.4. The first-order valence-electron chi connectivity index (χ1n) is 11.4. The maximum Gasteiger partial charge on any atom is 0.188 e. The van der Waals surface area contributed by atoms with Crippen molar-refractivity contribution in [3.8, 4) is 0 Å². The average molecular weight is 387 g/mol. The molecule has 0 fully saturated rings. The van der Waals surface area contributed by atoms with Gasteiger partial charge in [-0.3, -0.25) is 0 Å². The predicted octanol–water partition coefficient (Wildman–Crippen LogP) is 6.98. The van der Waals surface area contributed by atoms with Gasteiger partial charge in [-0.2, -0.15) is 0 Å². The Morgan fingerprint density at radius 2 is 1.33 bits per heavy atom. The Kier molecular flexibility index (Phi) is 23.0. The van der Waals surface area contributed by atoms with Crippen LogP contribution in [0.4, 0.5) is 0 Å². The zero-order chi connectivity index (χ0) is 19.8. The van der Waals surface area contributed by atoms with Gasteiger partial charge in [0.05, 0.1) is 12.9 Å². The lowest BCUT2D eigenvalue weighted by Gasteiger charge is -2.18. The average Bonchev–Trinajstić information content (AvgIpc) is 2.68. The molecule has 0 heterocycles. The molecule has 0 bridgehead atoms. The van der Waals surface area contributed by atoms with E-state index in [0.717, 1.165) is 77.6 Å². The van der Waals surface area contributed by atoms with E-state index >= 15 is 0 Å². The van der Waals surface area contributed by atoms with Crippen LogP contribution in [0.2, 0.25) is 0 Å². The quantitative estimate of drug-likeness (QED) is 0.114. The minimum atomic E-state index is -0.0333. The van der Waals surface area contributed by atoms with Gasteiger partial charge in [0.25, 0.3) is 0 Å². The summed E-state index contributed by atoms with van der Waals surface area (Å²) in [7, 11) is 0. The lowest BCUT2D eigenvalue weighted by Crippen LogP contribution is -2.18. The summed E-state index contributed by atoms with van der Waals surface area (Å²) in [6.07, 6.45) is 18.9. The van der Waals surface area contributed by atoms with Gasteiger partial charge in [-0.25, -0.2) is 0 Å². The summed E-state index contributed by atoms with van der Waals surface area (Å²) in [6, 6.07) is 0. The molecule has 4 nitrogen and oxygen atoms in total. The van der Waals surface area contributed by atoms with Crippen molar-refractivity contribution in [3.63, 3.8) is 0 Å². The van der Waals surface area contributed by atoms with Crippen LogP contribution in [-0.4, -0.2) is 32.9 Å². The van der Waals surface area contributed by atoms with Crippen molar-refractivity contribution >= 4 is 0 Å². The monoisotopic (exact) mass is 386 g/mol. The van der Waals surface area contributed by atoms with Crippen molar-refractivity contribution in [1.29, 1.82) is 0 Å². The molecule has 0 N–H and O–H groups in total. The first-order chi connectivity index (χ1) is 13.3. The number of ether oxygens (including phenoxy) is 4.